The number of nitrogens with zero attached hydrogens (tertiary/aromatic N) is 5. The predicted molar refractivity (Wildman–Crippen MR) is 168 cm³/mol. The van der Waals surface area contributed by atoms with Gasteiger partial charge in [-0.2, -0.15) is 0 Å². The van der Waals surface area contributed by atoms with Gasteiger partial charge in [-0.05, 0) is 49.6 Å². The van der Waals surface area contributed by atoms with Crippen molar-refractivity contribution in [3.05, 3.63) is 87.7 Å². The number of hydrogen-bond donors (Lipinski definition) is 2. The molecule has 4 heterocycles. The van der Waals surface area contributed by atoms with Gasteiger partial charge < -0.3 is 20.2 Å². The first-order valence-corrected chi connectivity index (χ1v) is 14.6. The average molecular weight is 635 g/mol. The highest BCUT2D eigenvalue weighted by molar-refractivity contribution is 6.07. The number of phenols is 1. The molecule has 0 radical (unpaired) electrons. The molecule has 240 valence electrons. The molecule has 1 fully saturated rings. The van der Waals surface area contributed by atoms with Crippen LogP contribution >= 0.6 is 0 Å². The minimum atomic E-state index is -1.12. The fourth-order valence-corrected chi connectivity index (χ4v) is 5.96. The van der Waals surface area contributed by atoms with Gasteiger partial charge in [0.15, 0.2) is 17.3 Å². The van der Waals surface area contributed by atoms with Gasteiger partial charge in [-0.3, -0.25) is 23.9 Å². The third-order valence-corrected chi connectivity index (χ3v) is 8.12. The van der Waals surface area contributed by atoms with Crippen LogP contribution < -0.4 is 15.8 Å². The molecule has 0 unspecified atom stereocenters. The second kappa shape index (κ2) is 12.3. The number of phenolic OH excluding ortho intramolecular Hbond substituents is 1. The molecule has 13 heteroatoms. The van der Waals surface area contributed by atoms with Crippen LogP contribution in [-0.4, -0.2) is 69.1 Å². The number of aromatic nitrogens is 3. The summed E-state index contributed by atoms with van der Waals surface area (Å²) in [5.41, 5.74) is -0.838. The molecule has 2 amide bonds. The standard InChI is InChI=1S/C33H33F3N6O4/c1-16(2)26-28(17(3)10-11-38-26)42-30-20(14-22(36)27(39-30)24-21(35)8-7-9-23(24)43)29(25(33(42)46)31(44)37-6)40-12-13-41(18(4)15-40)32(45)19(5)34/h7-11,14,16,18,43H,5,12-13,15H2,1-4,6H3,(H,37,44)/t18-/m1/s1. The monoisotopic (exact) mass is 634 g/mol. The summed E-state index contributed by atoms with van der Waals surface area (Å²) in [7, 11) is 1.35. The summed E-state index contributed by atoms with van der Waals surface area (Å²) in [6, 6.07) is 5.63. The van der Waals surface area contributed by atoms with Crippen molar-refractivity contribution in [1.82, 2.24) is 24.8 Å². The average Bonchev–Trinajstić information content (AvgIpc) is 3.00. The molecule has 1 aromatic carbocycles. The molecular formula is C33H33F3N6O4. The molecule has 1 saturated heterocycles. The maximum absolute atomic E-state index is 16.1. The van der Waals surface area contributed by atoms with Crippen LogP contribution in [0.5, 0.6) is 5.75 Å². The smallest absolute Gasteiger partial charge is 0.282 e. The Balaban J connectivity index is 1.93. The van der Waals surface area contributed by atoms with E-state index in [1.807, 2.05) is 13.8 Å². The number of nitrogens with one attached hydrogen (secondary N) is 1. The van der Waals surface area contributed by atoms with Crippen molar-refractivity contribution >= 4 is 28.5 Å². The largest absolute Gasteiger partial charge is 0.507 e. The minimum Gasteiger partial charge on any atom is -0.507 e. The first-order valence-electron chi connectivity index (χ1n) is 14.6. The molecule has 0 saturated carbocycles. The number of pyridine rings is 3. The number of hydrogen-bond acceptors (Lipinski definition) is 7. The lowest BCUT2D eigenvalue weighted by atomic mass is 10.0. The van der Waals surface area contributed by atoms with Gasteiger partial charge in [-0.15, -0.1) is 0 Å². The molecule has 4 aromatic rings. The molecule has 0 spiro atoms. The zero-order valence-corrected chi connectivity index (χ0v) is 26.0. The lowest BCUT2D eigenvalue weighted by Crippen LogP contribution is -2.55. The van der Waals surface area contributed by atoms with Gasteiger partial charge in [0, 0.05) is 44.3 Å². The highest BCUT2D eigenvalue weighted by Crippen LogP contribution is 2.38. The van der Waals surface area contributed by atoms with E-state index in [1.54, 1.807) is 31.0 Å². The Hall–Kier alpha value is -5.20. The summed E-state index contributed by atoms with van der Waals surface area (Å²) in [6.07, 6.45) is 1.58. The van der Waals surface area contributed by atoms with E-state index in [1.165, 1.54) is 28.6 Å². The van der Waals surface area contributed by atoms with Crippen LogP contribution in [0.25, 0.3) is 28.0 Å². The number of aromatic hydroxyl groups is 1. The zero-order chi connectivity index (χ0) is 33.6. The molecule has 1 atom stereocenters. The molecule has 3 aromatic heterocycles. The van der Waals surface area contributed by atoms with E-state index in [-0.39, 0.29) is 47.8 Å². The van der Waals surface area contributed by atoms with Crippen molar-refractivity contribution in [3.63, 3.8) is 0 Å². The molecule has 46 heavy (non-hydrogen) atoms. The molecule has 2 N–H and O–H groups in total. The van der Waals surface area contributed by atoms with E-state index < -0.39 is 57.9 Å². The van der Waals surface area contributed by atoms with E-state index in [0.717, 1.165) is 12.1 Å². The van der Waals surface area contributed by atoms with Gasteiger partial charge in [-0.1, -0.05) is 26.5 Å². The van der Waals surface area contributed by atoms with E-state index in [9.17, 15) is 23.9 Å². The molecule has 0 bridgehead atoms. The van der Waals surface area contributed by atoms with Crippen molar-refractivity contribution in [1.29, 1.82) is 0 Å². The SMILES string of the molecule is C=C(F)C(=O)N1CCN(c2c(C(=O)NC)c(=O)n(-c3c(C)ccnc3C(C)C)c3nc(-c4c(O)cccc4F)c(F)cc23)C[C@H]1C. The van der Waals surface area contributed by atoms with E-state index in [2.05, 4.69) is 21.9 Å². The summed E-state index contributed by atoms with van der Waals surface area (Å²) in [5.74, 6) is -5.49. The fourth-order valence-electron chi connectivity index (χ4n) is 5.96. The Bertz CT molecular complexity index is 1960. The first-order chi connectivity index (χ1) is 21.8. The molecule has 0 aliphatic carbocycles. The second-order valence-electron chi connectivity index (χ2n) is 11.5. The first kappa shape index (κ1) is 32.2. The van der Waals surface area contributed by atoms with Gasteiger partial charge in [0.25, 0.3) is 17.4 Å². The van der Waals surface area contributed by atoms with E-state index in [4.69, 9.17) is 0 Å². The Kier molecular flexibility index (Phi) is 8.61. The van der Waals surface area contributed by atoms with Crippen LogP contribution in [0.2, 0.25) is 0 Å². The zero-order valence-electron chi connectivity index (χ0n) is 26.0. The Morgan fingerprint density at radius 3 is 2.46 bits per heavy atom. The number of carbonyl (C=O) groups excluding carboxylic acids is 2. The third-order valence-electron chi connectivity index (χ3n) is 8.12. The molecule has 10 nitrogen and oxygen atoms in total. The number of anilines is 1. The normalized spacial score (nSPS) is 15.0. The summed E-state index contributed by atoms with van der Waals surface area (Å²) in [6.45, 7) is 10.4. The van der Waals surface area contributed by atoms with Gasteiger partial charge >= 0.3 is 0 Å². The van der Waals surface area contributed by atoms with Crippen molar-refractivity contribution in [3.8, 4) is 22.7 Å². The van der Waals surface area contributed by atoms with Crippen LogP contribution in [0.3, 0.4) is 0 Å². The number of amides is 2. The summed E-state index contributed by atoms with van der Waals surface area (Å²) < 4.78 is 46.1. The molecule has 1 aliphatic heterocycles. The number of benzene rings is 1. The minimum absolute atomic E-state index is 0.0109. The second-order valence-corrected chi connectivity index (χ2v) is 11.5. The number of halogens is 3. The van der Waals surface area contributed by atoms with Gasteiger partial charge in [0.1, 0.15) is 22.8 Å². The number of aryl methyl sites for hydroxylation is 1. The van der Waals surface area contributed by atoms with Gasteiger partial charge in [0.05, 0.1) is 22.6 Å². The number of piperazine rings is 1. The van der Waals surface area contributed by atoms with Crippen molar-refractivity contribution in [2.24, 2.45) is 0 Å². The molecule has 5 rings (SSSR count). The summed E-state index contributed by atoms with van der Waals surface area (Å²) in [5, 5.41) is 13.1. The van der Waals surface area contributed by atoms with Crippen LogP contribution in [0.15, 0.2) is 53.7 Å². The number of rotatable bonds is 6. The third kappa shape index (κ3) is 5.35. The Labute approximate surface area is 262 Å². The van der Waals surface area contributed by atoms with Crippen molar-refractivity contribution < 1.29 is 27.9 Å². The maximum Gasteiger partial charge on any atom is 0.282 e. The van der Waals surface area contributed by atoms with Gasteiger partial charge in [-0.25, -0.2) is 18.2 Å². The predicted octanol–water partition coefficient (Wildman–Crippen LogP) is 4.74. The quantitative estimate of drug-likeness (QED) is 0.294. The van der Waals surface area contributed by atoms with Crippen LogP contribution in [0.1, 0.15) is 48.3 Å². The van der Waals surface area contributed by atoms with Crippen LogP contribution in [0.4, 0.5) is 18.9 Å². The fraction of sp³-hybridized carbons (Fsp3) is 0.303. The lowest BCUT2D eigenvalue weighted by Gasteiger charge is -2.41. The van der Waals surface area contributed by atoms with Crippen LogP contribution in [0, 0.1) is 18.6 Å². The van der Waals surface area contributed by atoms with Gasteiger partial charge in [0.2, 0.25) is 0 Å². The summed E-state index contributed by atoms with van der Waals surface area (Å²) >= 11 is 0. The highest BCUT2D eigenvalue weighted by Gasteiger charge is 2.35. The topological polar surface area (TPSA) is 121 Å². The van der Waals surface area contributed by atoms with E-state index in [0.29, 0.717) is 16.9 Å². The molecular weight excluding hydrogens is 601 g/mol. The van der Waals surface area contributed by atoms with Crippen LogP contribution in [-0.2, 0) is 4.79 Å². The lowest BCUT2D eigenvalue weighted by molar-refractivity contribution is -0.131. The number of fused-ring (bicyclic) bond motifs is 1. The Morgan fingerprint density at radius 2 is 1.85 bits per heavy atom. The van der Waals surface area contributed by atoms with E-state index >= 15 is 8.78 Å². The number of carbonyl (C=O) groups is 2. The maximum atomic E-state index is 16.1. The highest BCUT2D eigenvalue weighted by atomic mass is 19.1. The molecule has 1 aliphatic rings. The summed E-state index contributed by atoms with van der Waals surface area (Å²) in [4.78, 5) is 52.5. The van der Waals surface area contributed by atoms with Crippen molar-refractivity contribution in [2.75, 3.05) is 31.6 Å². The Morgan fingerprint density at radius 1 is 1.13 bits per heavy atom. The van der Waals surface area contributed by atoms with Crippen molar-refractivity contribution in [2.45, 2.75) is 39.7 Å².